The highest BCUT2D eigenvalue weighted by Gasteiger charge is 2.25. The third-order valence-electron chi connectivity index (χ3n) is 4.03. The molecular formula is C15H24N2O2S. The number of benzene rings is 1. The van der Waals surface area contributed by atoms with Crippen molar-refractivity contribution in [1.29, 1.82) is 0 Å². The van der Waals surface area contributed by atoms with Crippen molar-refractivity contribution in [2.75, 3.05) is 12.8 Å². The van der Waals surface area contributed by atoms with Gasteiger partial charge >= 0.3 is 0 Å². The summed E-state index contributed by atoms with van der Waals surface area (Å²) in [4.78, 5) is 10.5. The number of non-ortho nitro benzene ring substituents is 1. The molecule has 0 amide bonds. The zero-order valence-corrected chi connectivity index (χ0v) is 13.5. The molecule has 1 unspecified atom stereocenters. The molecule has 4 nitrogen and oxygen atoms in total. The summed E-state index contributed by atoms with van der Waals surface area (Å²) >= 11 is 1.89. The van der Waals surface area contributed by atoms with Crippen LogP contribution in [0.4, 0.5) is 5.69 Å². The van der Waals surface area contributed by atoms with E-state index in [9.17, 15) is 10.1 Å². The molecule has 1 aromatic rings. The Morgan fingerprint density at radius 2 is 2.05 bits per heavy atom. The second-order valence-electron chi connectivity index (χ2n) is 5.05. The molecule has 5 heteroatoms. The zero-order valence-electron chi connectivity index (χ0n) is 12.7. The van der Waals surface area contributed by atoms with E-state index in [1.807, 2.05) is 17.8 Å². The van der Waals surface area contributed by atoms with Gasteiger partial charge in [-0.1, -0.05) is 26.0 Å². The minimum absolute atomic E-state index is 0.111. The van der Waals surface area contributed by atoms with Gasteiger partial charge in [-0.05, 0) is 31.6 Å². The van der Waals surface area contributed by atoms with Crippen molar-refractivity contribution < 1.29 is 4.92 Å². The van der Waals surface area contributed by atoms with Crippen molar-refractivity contribution >= 4 is 17.4 Å². The number of nitrogens with one attached hydrogen (secondary N) is 1. The smallest absolute Gasteiger partial charge is 0.269 e. The molecule has 0 bridgehead atoms. The van der Waals surface area contributed by atoms with Crippen LogP contribution in [-0.4, -0.2) is 22.5 Å². The topological polar surface area (TPSA) is 55.2 Å². The standard InChI is InChI=1S/C15H24N2O2S/c1-5-15(6-2,20-4)11-16-12(3)13-8-7-9-14(10-13)17(18)19/h7-10,12,16H,5-6,11H2,1-4H3. The van der Waals surface area contributed by atoms with Crippen LogP contribution in [-0.2, 0) is 0 Å². The van der Waals surface area contributed by atoms with Gasteiger partial charge < -0.3 is 5.32 Å². The molecule has 0 spiro atoms. The molecule has 0 aromatic heterocycles. The van der Waals surface area contributed by atoms with Gasteiger partial charge in [0.2, 0.25) is 0 Å². The van der Waals surface area contributed by atoms with Gasteiger partial charge in [0.25, 0.3) is 5.69 Å². The van der Waals surface area contributed by atoms with E-state index >= 15 is 0 Å². The monoisotopic (exact) mass is 296 g/mol. The van der Waals surface area contributed by atoms with Gasteiger partial charge in [0.15, 0.2) is 0 Å². The first-order chi connectivity index (χ1) is 9.48. The second kappa shape index (κ2) is 7.64. The summed E-state index contributed by atoms with van der Waals surface area (Å²) in [5.41, 5.74) is 1.11. The Kier molecular flexibility index (Phi) is 6.49. The van der Waals surface area contributed by atoms with E-state index in [2.05, 4.69) is 32.3 Å². The molecule has 0 fully saturated rings. The van der Waals surface area contributed by atoms with Crippen LogP contribution in [0.25, 0.3) is 0 Å². The van der Waals surface area contributed by atoms with Gasteiger partial charge in [-0.15, -0.1) is 0 Å². The first-order valence-electron chi connectivity index (χ1n) is 7.01. The predicted octanol–water partition coefficient (Wildman–Crippen LogP) is 4.17. The number of nitro groups is 1. The lowest BCUT2D eigenvalue weighted by Gasteiger charge is -2.31. The summed E-state index contributed by atoms with van der Waals surface area (Å²) < 4.78 is 0.245. The largest absolute Gasteiger partial charge is 0.309 e. The lowest BCUT2D eigenvalue weighted by molar-refractivity contribution is -0.384. The maximum absolute atomic E-state index is 10.8. The average molecular weight is 296 g/mol. The van der Waals surface area contributed by atoms with E-state index < -0.39 is 0 Å². The van der Waals surface area contributed by atoms with Gasteiger partial charge in [-0.3, -0.25) is 10.1 Å². The minimum atomic E-state index is -0.347. The van der Waals surface area contributed by atoms with Crippen LogP contribution in [0.15, 0.2) is 24.3 Å². The third kappa shape index (κ3) is 4.21. The molecule has 1 rings (SSSR count). The number of hydrogen-bond acceptors (Lipinski definition) is 4. The highest BCUT2D eigenvalue weighted by atomic mass is 32.2. The summed E-state index contributed by atoms with van der Waals surface area (Å²) in [7, 11) is 0. The Balaban J connectivity index is 2.74. The van der Waals surface area contributed by atoms with E-state index in [0.717, 1.165) is 24.9 Å². The predicted molar refractivity (Wildman–Crippen MR) is 86.3 cm³/mol. The number of rotatable bonds is 8. The molecule has 0 aliphatic rings. The summed E-state index contributed by atoms with van der Waals surface area (Å²) in [5.74, 6) is 0. The Labute approximate surface area is 125 Å². The number of thioether (sulfide) groups is 1. The normalized spacial score (nSPS) is 13.2. The van der Waals surface area contributed by atoms with Crippen LogP contribution < -0.4 is 5.32 Å². The fourth-order valence-electron chi connectivity index (χ4n) is 2.23. The lowest BCUT2D eigenvalue weighted by atomic mass is 10.0. The molecule has 1 N–H and O–H groups in total. The van der Waals surface area contributed by atoms with Crippen molar-refractivity contribution in [1.82, 2.24) is 5.32 Å². The number of nitrogens with zero attached hydrogens (tertiary/aromatic N) is 1. The summed E-state index contributed by atoms with van der Waals surface area (Å²) in [6, 6.07) is 6.97. The fraction of sp³-hybridized carbons (Fsp3) is 0.600. The van der Waals surface area contributed by atoms with E-state index in [-0.39, 0.29) is 21.4 Å². The summed E-state index contributed by atoms with van der Waals surface area (Å²) in [5, 5.41) is 14.3. The Hall–Kier alpha value is -1.07. The molecule has 1 aromatic carbocycles. The Morgan fingerprint density at radius 1 is 1.40 bits per heavy atom. The van der Waals surface area contributed by atoms with Crippen molar-refractivity contribution in [3.63, 3.8) is 0 Å². The van der Waals surface area contributed by atoms with Gasteiger partial charge in [-0.25, -0.2) is 0 Å². The lowest BCUT2D eigenvalue weighted by Crippen LogP contribution is -2.37. The molecule has 1 atom stereocenters. The highest BCUT2D eigenvalue weighted by Crippen LogP contribution is 2.30. The Bertz CT molecular complexity index is 439. The van der Waals surface area contributed by atoms with Gasteiger partial charge in [0.1, 0.15) is 0 Å². The van der Waals surface area contributed by atoms with E-state index in [0.29, 0.717) is 0 Å². The average Bonchev–Trinajstić information content (AvgIpc) is 2.49. The van der Waals surface area contributed by atoms with Crippen molar-refractivity contribution in [3.8, 4) is 0 Å². The molecule has 0 radical (unpaired) electrons. The number of nitro benzene ring substituents is 1. The van der Waals surface area contributed by atoms with Crippen molar-refractivity contribution in [3.05, 3.63) is 39.9 Å². The van der Waals surface area contributed by atoms with Crippen LogP contribution in [0.3, 0.4) is 0 Å². The first kappa shape index (κ1) is 17.0. The van der Waals surface area contributed by atoms with Crippen LogP contribution in [0.5, 0.6) is 0 Å². The molecule has 0 saturated heterocycles. The second-order valence-corrected chi connectivity index (χ2v) is 6.32. The van der Waals surface area contributed by atoms with Crippen molar-refractivity contribution in [2.24, 2.45) is 0 Å². The highest BCUT2D eigenvalue weighted by molar-refractivity contribution is 8.00. The Morgan fingerprint density at radius 3 is 2.55 bits per heavy atom. The molecule has 112 valence electrons. The van der Waals surface area contributed by atoms with Crippen molar-refractivity contribution in [2.45, 2.75) is 44.4 Å². The van der Waals surface area contributed by atoms with E-state index in [1.165, 1.54) is 6.07 Å². The van der Waals surface area contributed by atoms with Crippen LogP contribution >= 0.6 is 11.8 Å². The van der Waals surface area contributed by atoms with E-state index in [1.54, 1.807) is 12.1 Å². The van der Waals surface area contributed by atoms with E-state index in [4.69, 9.17) is 0 Å². The summed E-state index contributed by atoms with van der Waals surface area (Å²) in [6.07, 6.45) is 4.37. The van der Waals surface area contributed by atoms with Crippen LogP contribution in [0, 0.1) is 10.1 Å². The molecule has 0 saturated carbocycles. The quantitative estimate of drug-likeness (QED) is 0.578. The maximum Gasteiger partial charge on any atom is 0.269 e. The number of hydrogen-bond donors (Lipinski definition) is 1. The summed E-state index contributed by atoms with van der Waals surface area (Å²) in [6.45, 7) is 7.37. The SMILES string of the molecule is CCC(CC)(CNC(C)c1cccc([N+](=O)[O-])c1)SC. The first-order valence-corrected chi connectivity index (χ1v) is 8.23. The molecule has 0 aliphatic carbocycles. The van der Waals surface area contributed by atoms with Gasteiger partial charge in [0.05, 0.1) is 4.92 Å². The van der Waals surface area contributed by atoms with Crippen LogP contribution in [0.2, 0.25) is 0 Å². The van der Waals surface area contributed by atoms with Crippen LogP contribution in [0.1, 0.15) is 45.2 Å². The van der Waals surface area contributed by atoms with Gasteiger partial charge in [0, 0.05) is 29.5 Å². The molecule has 0 heterocycles. The fourth-order valence-corrected chi connectivity index (χ4v) is 3.03. The maximum atomic E-state index is 10.8. The molecule has 20 heavy (non-hydrogen) atoms. The van der Waals surface area contributed by atoms with Gasteiger partial charge in [-0.2, -0.15) is 11.8 Å². The molecular weight excluding hydrogens is 272 g/mol. The zero-order chi connectivity index (χ0) is 15.2. The minimum Gasteiger partial charge on any atom is -0.309 e. The third-order valence-corrected chi connectivity index (χ3v) is 5.62. The molecule has 0 aliphatic heterocycles.